The predicted octanol–water partition coefficient (Wildman–Crippen LogP) is 4.25. The van der Waals surface area contributed by atoms with E-state index in [1.54, 1.807) is 39.8 Å². The molecule has 3 rings (SSSR count). The molecule has 1 heterocycles. The van der Waals surface area contributed by atoms with Crippen LogP contribution in [-0.2, 0) is 6.54 Å². The topological polar surface area (TPSA) is 61.8 Å². The summed E-state index contributed by atoms with van der Waals surface area (Å²) >= 11 is 1.57. The molecule has 0 aliphatic rings. The Morgan fingerprint density at radius 2 is 1.58 bits per heavy atom. The fourth-order valence-corrected chi connectivity index (χ4v) is 3.65. The second-order valence-corrected chi connectivity index (χ2v) is 6.50. The third-order valence-corrected chi connectivity index (χ3v) is 5.03. The van der Waals surface area contributed by atoms with Crippen molar-refractivity contribution in [2.75, 3.05) is 33.8 Å². The van der Waals surface area contributed by atoms with E-state index in [1.807, 2.05) is 30.5 Å². The van der Waals surface area contributed by atoms with Crippen LogP contribution in [0.1, 0.15) is 11.3 Å². The first-order chi connectivity index (χ1) is 12.6. The van der Waals surface area contributed by atoms with E-state index >= 15 is 0 Å². The molecule has 138 valence electrons. The number of anilines is 1. The van der Waals surface area contributed by atoms with Crippen molar-refractivity contribution in [2.24, 2.45) is 0 Å². The summed E-state index contributed by atoms with van der Waals surface area (Å²) in [5, 5.41) is 7.85. The highest BCUT2D eigenvalue weighted by molar-refractivity contribution is 7.13. The number of hydrogen-bond acceptors (Lipinski definition) is 7. The molecule has 0 spiro atoms. The predicted molar refractivity (Wildman–Crippen MR) is 104 cm³/mol. The molecule has 1 N–H and O–H groups in total. The number of ether oxygens (including phenoxy) is 4. The van der Waals surface area contributed by atoms with E-state index in [0.29, 0.717) is 23.8 Å². The van der Waals surface area contributed by atoms with Gasteiger partial charge in [-0.1, -0.05) is 0 Å². The first-order valence-electron chi connectivity index (χ1n) is 8.07. The summed E-state index contributed by atoms with van der Waals surface area (Å²) in [5.74, 6) is 2.81. The van der Waals surface area contributed by atoms with Gasteiger partial charge in [0.2, 0.25) is 0 Å². The molecule has 0 saturated heterocycles. The number of aromatic nitrogens is 1. The Hall–Kier alpha value is -2.67. The van der Waals surface area contributed by atoms with Gasteiger partial charge in [0.25, 0.3) is 0 Å². The van der Waals surface area contributed by atoms with Gasteiger partial charge in [0.1, 0.15) is 23.0 Å². The second kappa shape index (κ2) is 7.70. The number of nitrogens with zero attached hydrogens (tertiary/aromatic N) is 1. The number of thiazole rings is 1. The van der Waals surface area contributed by atoms with E-state index in [9.17, 15) is 0 Å². The average Bonchev–Trinajstić information content (AvgIpc) is 3.09. The Kier molecular flexibility index (Phi) is 5.37. The maximum atomic E-state index is 5.75. The summed E-state index contributed by atoms with van der Waals surface area (Å²) in [4.78, 5) is 4.44. The minimum atomic E-state index is 0.544. The maximum Gasteiger partial charge on any atom is 0.183 e. The zero-order valence-corrected chi connectivity index (χ0v) is 16.3. The van der Waals surface area contributed by atoms with E-state index < -0.39 is 0 Å². The van der Waals surface area contributed by atoms with Gasteiger partial charge in [-0.25, -0.2) is 4.98 Å². The molecule has 0 unspecified atom stereocenters. The van der Waals surface area contributed by atoms with Crippen molar-refractivity contribution < 1.29 is 18.9 Å². The van der Waals surface area contributed by atoms with Gasteiger partial charge in [0, 0.05) is 17.5 Å². The second-order valence-electron chi connectivity index (χ2n) is 5.64. The Morgan fingerprint density at radius 1 is 0.923 bits per heavy atom. The van der Waals surface area contributed by atoms with Crippen LogP contribution >= 0.6 is 11.3 Å². The van der Waals surface area contributed by atoms with Crippen LogP contribution in [0.2, 0.25) is 0 Å². The minimum absolute atomic E-state index is 0.544. The lowest BCUT2D eigenvalue weighted by atomic mass is 10.0. The number of methoxy groups -OCH3 is 4. The van der Waals surface area contributed by atoms with Crippen molar-refractivity contribution in [2.45, 2.75) is 13.5 Å². The van der Waals surface area contributed by atoms with Crippen LogP contribution in [0, 0.1) is 6.92 Å². The molecule has 0 fully saturated rings. The van der Waals surface area contributed by atoms with Crippen LogP contribution in [0.4, 0.5) is 5.13 Å². The Balaban J connectivity index is 2.16. The van der Waals surface area contributed by atoms with E-state index in [-0.39, 0.29) is 0 Å². The first kappa shape index (κ1) is 18.1. The zero-order valence-electron chi connectivity index (χ0n) is 15.5. The summed E-state index contributed by atoms with van der Waals surface area (Å²) in [6, 6.07) is 5.68. The molecule has 0 amide bonds. The van der Waals surface area contributed by atoms with Gasteiger partial charge in [-0.05, 0) is 25.1 Å². The molecule has 0 radical (unpaired) electrons. The lowest BCUT2D eigenvalue weighted by molar-refractivity contribution is 0.390. The van der Waals surface area contributed by atoms with Gasteiger partial charge in [-0.15, -0.1) is 11.3 Å². The number of hydrogen-bond donors (Lipinski definition) is 1. The van der Waals surface area contributed by atoms with Gasteiger partial charge >= 0.3 is 0 Å². The highest BCUT2D eigenvalue weighted by Gasteiger charge is 2.20. The molecule has 0 aliphatic heterocycles. The molecule has 26 heavy (non-hydrogen) atoms. The minimum Gasteiger partial charge on any atom is -0.496 e. The van der Waals surface area contributed by atoms with Crippen LogP contribution in [0.5, 0.6) is 23.0 Å². The van der Waals surface area contributed by atoms with Crippen LogP contribution in [0.3, 0.4) is 0 Å². The molecule has 6 nitrogen and oxygen atoms in total. The molecule has 3 aromatic rings. The molecule has 0 bridgehead atoms. The monoisotopic (exact) mass is 374 g/mol. The smallest absolute Gasteiger partial charge is 0.183 e. The molecule has 0 atom stereocenters. The van der Waals surface area contributed by atoms with Crippen LogP contribution < -0.4 is 24.3 Å². The Morgan fingerprint density at radius 3 is 2.12 bits per heavy atom. The number of benzene rings is 2. The standard InChI is InChI=1S/C19H22N2O4S/c1-11-10-26-19(21-11)20-9-12-8-15(24-4)16-13(22-2)6-7-14(23-3)17(16)18(12)25-5/h6-8,10H,9H2,1-5H3,(H,20,21). The largest absolute Gasteiger partial charge is 0.496 e. The summed E-state index contributed by atoms with van der Waals surface area (Å²) in [7, 11) is 6.56. The van der Waals surface area contributed by atoms with Gasteiger partial charge in [0.15, 0.2) is 5.13 Å². The van der Waals surface area contributed by atoms with Gasteiger partial charge in [0.05, 0.1) is 44.9 Å². The Labute approximate surface area is 156 Å². The fraction of sp³-hybridized carbons (Fsp3) is 0.316. The lowest BCUT2D eigenvalue weighted by Crippen LogP contribution is -2.04. The van der Waals surface area contributed by atoms with Crippen molar-refractivity contribution in [3.05, 3.63) is 34.8 Å². The fourth-order valence-electron chi connectivity index (χ4n) is 2.96. The molecular formula is C19H22N2O4S. The number of nitrogens with one attached hydrogen (secondary N) is 1. The SMILES string of the molecule is COc1ccc(OC)c2c(OC)c(CNc3nc(C)cs3)cc(OC)c12. The first-order valence-corrected chi connectivity index (χ1v) is 8.95. The van der Waals surface area contributed by atoms with Crippen molar-refractivity contribution in [3.8, 4) is 23.0 Å². The summed E-state index contributed by atoms with van der Waals surface area (Å²) < 4.78 is 22.5. The van der Waals surface area contributed by atoms with Gasteiger partial charge < -0.3 is 24.3 Å². The highest BCUT2D eigenvalue weighted by Crippen LogP contribution is 2.46. The molecule has 1 aromatic heterocycles. The van der Waals surface area contributed by atoms with Crippen molar-refractivity contribution >= 4 is 27.2 Å². The van der Waals surface area contributed by atoms with Crippen LogP contribution in [0.15, 0.2) is 23.6 Å². The third kappa shape index (κ3) is 3.22. The van der Waals surface area contributed by atoms with Gasteiger partial charge in [-0.2, -0.15) is 0 Å². The molecular weight excluding hydrogens is 352 g/mol. The van der Waals surface area contributed by atoms with Crippen molar-refractivity contribution in [1.29, 1.82) is 0 Å². The lowest BCUT2D eigenvalue weighted by Gasteiger charge is -2.19. The number of rotatable bonds is 7. The summed E-state index contributed by atoms with van der Waals surface area (Å²) in [6.07, 6.45) is 0. The normalized spacial score (nSPS) is 10.7. The van der Waals surface area contributed by atoms with E-state index in [1.165, 1.54) is 0 Å². The number of fused-ring (bicyclic) bond motifs is 1. The average molecular weight is 374 g/mol. The van der Waals surface area contributed by atoms with Crippen LogP contribution in [-0.4, -0.2) is 33.4 Å². The number of aryl methyl sites for hydroxylation is 1. The molecule has 0 aliphatic carbocycles. The molecule has 7 heteroatoms. The Bertz CT molecular complexity index is 924. The highest BCUT2D eigenvalue weighted by atomic mass is 32.1. The maximum absolute atomic E-state index is 5.75. The quantitative estimate of drug-likeness (QED) is 0.667. The summed E-state index contributed by atoms with van der Waals surface area (Å²) in [6.45, 7) is 2.52. The van der Waals surface area contributed by atoms with Crippen molar-refractivity contribution in [3.63, 3.8) is 0 Å². The van der Waals surface area contributed by atoms with E-state index in [2.05, 4.69) is 10.3 Å². The van der Waals surface area contributed by atoms with E-state index in [4.69, 9.17) is 18.9 Å². The van der Waals surface area contributed by atoms with E-state index in [0.717, 1.165) is 32.9 Å². The van der Waals surface area contributed by atoms with Crippen LogP contribution in [0.25, 0.3) is 10.8 Å². The summed E-state index contributed by atoms with van der Waals surface area (Å²) in [5.41, 5.74) is 1.93. The van der Waals surface area contributed by atoms with Gasteiger partial charge in [-0.3, -0.25) is 0 Å². The molecule has 2 aromatic carbocycles. The van der Waals surface area contributed by atoms with Crippen molar-refractivity contribution in [1.82, 2.24) is 4.98 Å². The zero-order chi connectivity index (χ0) is 18.7. The third-order valence-electron chi connectivity index (χ3n) is 4.11. The molecule has 0 saturated carbocycles.